The standard InChI is InChI=1S/C28H29N9O/c1-4-26(38)31-22-17-19(9-10-24(22)36-15-13-34(2)14-16-36)30-28-32-25-11-12-29-37(25)27(33-28)21-18-35(3)23-8-6-5-7-20(21)23/h4-12,17-18H,1,13-16H2,2-3H3,(H,30,32)(H,31,38). The number of hydrogen-bond donors (Lipinski definition) is 2. The van der Waals surface area contributed by atoms with Crippen molar-refractivity contribution in [3.05, 3.63) is 73.6 Å². The number of carbonyl (C=O) groups is 1. The number of piperazine rings is 1. The summed E-state index contributed by atoms with van der Waals surface area (Å²) in [5.74, 6) is 0.871. The monoisotopic (exact) mass is 507 g/mol. The van der Waals surface area contributed by atoms with Crippen LogP contribution in [0, 0.1) is 0 Å². The van der Waals surface area contributed by atoms with Crippen LogP contribution in [0.2, 0.25) is 0 Å². The topological polar surface area (TPSA) is 95.6 Å². The fourth-order valence-corrected chi connectivity index (χ4v) is 4.93. The van der Waals surface area contributed by atoms with Gasteiger partial charge in [0.25, 0.3) is 0 Å². The Morgan fingerprint density at radius 2 is 1.84 bits per heavy atom. The van der Waals surface area contributed by atoms with Gasteiger partial charge >= 0.3 is 0 Å². The van der Waals surface area contributed by atoms with Crippen LogP contribution in [0.1, 0.15) is 0 Å². The summed E-state index contributed by atoms with van der Waals surface area (Å²) in [7, 11) is 4.14. The highest BCUT2D eigenvalue weighted by atomic mass is 16.1. The molecule has 4 heterocycles. The minimum absolute atomic E-state index is 0.257. The second-order valence-corrected chi connectivity index (χ2v) is 9.48. The van der Waals surface area contributed by atoms with Crippen molar-refractivity contribution in [1.29, 1.82) is 0 Å². The molecule has 0 radical (unpaired) electrons. The van der Waals surface area contributed by atoms with E-state index in [1.165, 1.54) is 6.08 Å². The van der Waals surface area contributed by atoms with Crippen LogP contribution in [-0.4, -0.2) is 68.2 Å². The first-order valence-corrected chi connectivity index (χ1v) is 12.5. The Kier molecular flexibility index (Phi) is 6.01. The molecule has 6 rings (SSSR count). The van der Waals surface area contributed by atoms with Gasteiger partial charge < -0.3 is 25.0 Å². The number of fused-ring (bicyclic) bond motifs is 2. The summed E-state index contributed by atoms with van der Waals surface area (Å²) in [4.78, 5) is 26.4. The maximum absolute atomic E-state index is 12.3. The van der Waals surface area contributed by atoms with E-state index in [1.54, 1.807) is 10.7 Å². The van der Waals surface area contributed by atoms with Crippen LogP contribution in [0.3, 0.4) is 0 Å². The number of amides is 1. The lowest BCUT2D eigenvalue weighted by Gasteiger charge is -2.35. The van der Waals surface area contributed by atoms with Gasteiger partial charge in [0.1, 0.15) is 0 Å². The Bertz CT molecular complexity index is 1660. The molecule has 38 heavy (non-hydrogen) atoms. The molecular weight excluding hydrogens is 478 g/mol. The number of nitrogens with zero attached hydrogens (tertiary/aromatic N) is 7. The molecule has 0 atom stereocenters. The first-order chi connectivity index (χ1) is 18.5. The summed E-state index contributed by atoms with van der Waals surface area (Å²) in [6.07, 6.45) is 5.06. The van der Waals surface area contributed by atoms with Crippen LogP contribution in [0.25, 0.3) is 27.9 Å². The molecule has 5 aromatic rings. The van der Waals surface area contributed by atoms with Crippen LogP contribution < -0.4 is 15.5 Å². The number of rotatable bonds is 6. The van der Waals surface area contributed by atoms with Crippen LogP contribution in [0.5, 0.6) is 0 Å². The largest absolute Gasteiger partial charge is 0.367 e. The zero-order chi connectivity index (χ0) is 26.2. The summed E-state index contributed by atoms with van der Waals surface area (Å²) in [6, 6.07) is 16.0. The molecule has 0 aliphatic carbocycles. The molecule has 10 heteroatoms. The lowest BCUT2D eigenvalue weighted by Crippen LogP contribution is -2.44. The van der Waals surface area contributed by atoms with Gasteiger partial charge in [0, 0.05) is 67.6 Å². The first-order valence-electron chi connectivity index (χ1n) is 12.5. The molecule has 192 valence electrons. The molecule has 1 aliphatic rings. The molecule has 1 saturated heterocycles. The fraction of sp³-hybridized carbons (Fsp3) is 0.214. The highest BCUT2D eigenvalue weighted by Crippen LogP contribution is 2.33. The third-order valence-electron chi connectivity index (χ3n) is 6.93. The molecule has 1 fully saturated rings. The predicted octanol–water partition coefficient (Wildman–Crippen LogP) is 3.90. The van der Waals surface area contributed by atoms with Gasteiger partial charge in [-0.15, -0.1) is 0 Å². The van der Waals surface area contributed by atoms with Crippen LogP contribution in [-0.2, 0) is 11.8 Å². The number of benzene rings is 2. The van der Waals surface area contributed by atoms with Gasteiger partial charge in [0.2, 0.25) is 11.9 Å². The van der Waals surface area contributed by atoms with E-state index in [1.807, 2.05) is 43.4 Å². The summed E-state index contributed by atoms with van der Waals surface area (Å²) >= 11 is 0. The van der Waals surface area contributed by atoms with Crippen molar-refractivity contribution < 1.29 is 4.79 Å². The summed E-state index contributed by atoms with van der Waals surface area (Å²) in [6.45, 7) is 7.30. The van der Waals surface area contributed by atoms with E-state index in [-0.39, 0.29) is 5.91 Å². The molecule has 3 aromatic heterocycles. The van der Waals surface area contributed by atoms with Crippen molar-refractivity contribution in [3.8, 4) is 11.4 Å². The van der Waals surface area contributed by atoms with Gasteiger partial charge in [-0.25, -0.2) is 0 Å². The zero-order valence-corrected chi connectivity index (χ0v) is 21.4. The Morgan fingerprint density at radius 3 is 2.66 bits per heavy atom. The third-order valence-corrected chi connectivity index (χ3v) is 6.93. The molecule has 2 aromatic carbocycles. The van der Waals surface area contributed by atoms with Crippen molar-refractivity contribution in [3.63, 3.8) is 0 Å². The highest BCUT2D eigenvalue weighted by molar-refractivity contribution is 6.02. The predicted molar refractivity (Wildman–Crippen MR) is 151 cm³/mol. The summed E-state index contributed by atoms with van der Waals surface area (Å²) < 4.78 is 3.83. The summed E-state index contributed by atoms with van der Waals surface area (Å²) in [5.41, 5.74) is 5.20. The number of aromatic nitrogens is 5. The van der Waals surface area contributed by atoms with Gasteiger partial charge in [0.05, 0.1) is 17.6 Å². The van der Waals surface area contributed by atoms with Crippen molar-refractivity contribution in [2.75, 3.05) is 48.8 Å². The van der Waals surface area contributed by atoms with Gasteiger partial charge in [-0.05, 0) is 37.4 Å². The van der Waals surface area contributed by atoms with E-state index in [2.05, 4.69) is 67.0 Å². The van der Waals surface area contributed by atoms with Gasteiger partial charge in [-0.2, -0.15) is 19.6 Å². The number of anilines is 4. The van der Waals surface area contributed by atoms with Crippen LogP contribution >= 0.6 is 0 Å². The van der Waals surface area contributed by atoms with Crippen molar-refractivity contribution >= 4 is 45.5 Å². The number of aryl methyl sites for hydroxylation is 1. The number of para-hydroxylation sites is 1. The zero-order valence-electron chi connectivity index (χ0n) is 21.4. The minimum Gasteiger partial charge on any atom is -0.367 e. The lowest BCUT2D eigenvalue weighted by molar-refractivity contribution is -0.111. The quantitative estimate of drug-likeness (QED) is 0.337. The molecule has 0 bridgehead atoms. The van der Waals surface area contributed by atoms with E-state index in [0.29, 0.717) is 23.1 Å². The maximum Gasteiger partial charge on any atom is 0.247 e. The van der Waals surface area contributed by atoms with Gasteiger partial charge in [0.15, 0.2) is 11.5 Å². The minimum atomic E-state index is -0.257. The van der Waals surface area contributed by atoms with Crippen molar-refractivity contribution in [2.45, 2.75) is 0 Å². The average Bonchev–Trinajstić information content (AvgIpc) is 3.54. The lowest BCUT2D eigenvalue weighted by atomic mass is 10.1. The van der Waals surface area contributed by atoms with E-state index in [0.717, 1.165) is 54.0 Å². The normalized spacial score (nSPS) is 14.2. The maximum atomic E-state index is 12.3. The summed E-state index contributed by atoms with van der Waals surface area (Å²) in [5, 5.41) is 11.9. The Labute approximate surface area is 220 Å². The highest BCUT2D eigenvalue weighted by Gasteiger charge is 2.19. The van der Waals surface area contributed by atoms with E-state index >= 15 is 0 Å². The molecule has 1 amide bonds. The van der Waals surface area contributed by atoms with Crippen LogP contribution in [0.15, 0.2) is 73.6 Å². The number of nitrogens with one attached hydrogen (secondary N) is 2. The first kappa shape index (κ1) is 23.7. The molecule has 10 nitrogen and oxygen atoms in total. The molecule has 1 aliphatic heterocycles. The van der Waals surface area contributed by atoms with Crippen molar-refractivity contribution in [1.82, 2.24) is 29.0 Å². The molecule has 2 N–H and O–H groups in total. The SMILES string of the molecule is C=CC(=O)Nc1cc(Nc2nc(-c3cn(C)c4ccccc34)n3nccc3n2)ccc1N1CCN(C)CC1. The number of hydrogen-bond acceptors (Lipinski definition) is 7. The second-order valence-electron chi connectivity index (χ2n) is 9.48. The van der Waals surface area contributed by atoms with E-state index < -0.39 is 0 Å². The Balaban J connectivity index is 1.39. The molecular formula is C28H29N9O. The smallest absolute Gasteiger partial charge is 0.247 e. The van der Waals surface area contributed by atoms with Gasteiger partial charge in [-0.3, -0.25) is 4.79 Å². The second kappa shape index (κ2) is 9.64. The van der Waals surface area contributed by atoms with E-state index in [4.69, 9.17) is 4.98 Å². The Hall–Kier alpha value is -4.70. The third kappa shape index (κ3) is 4.35. The number of likely N-dealkylation sites (N-methyl/N-ethyl adjacent to an activating group) is 1. The van der Waals surface area contributed by atoms with Crippen molar-refractivity contribution in [2.24, 2.45) is 7.05 Å². The average molecular weight is 508 g/mol. The molecule has 0 saturated carbocycles. The van der Waals surface area contributed by atoms with E-state index in [9.17, 15) is 4.79 Å². The molecule has 0 unspecified atom stereocenters. The van der Waals surface area contributed by atoms with Gasteiger partial charge in [-0.1, -0.05) is 24.8 Å². The fourth-order valence-electron chi connectivity index (χ4n) is 4.93. The Morgan fingerprint density at radius 1 is 1.03 bits per heavy atom. The van der Waals surface area contributed by atoms with Crippen LogP contribution in [0.4, 0.5) is 23.0 Å². The molecule has 0 spiro atoms. The number of carbonyl (C=O) groups excluding carboxylic acids is 1.